The molecule has 0 aromatic heterocycles. The Hall–Kier alpha value is -2.12. The lowest BCUT2D eigenvalue weighted by atomic mass is 10.0. The van der Waals surface area contributed by atoms with E-state index in [1.54, 1.807) is 13.8 Å². The predicted octanol–water partition coefficient (Wildman–Crippen LogP) is -1.16. The number of carbonyl (C=O) groups excluding carboxylic acids is 3. The van der Waals surface area contributed by atoms with E-state index in [0.29, 0.717) is 0 Å². The minimum atomic E-state index is -1.09. The summed E-state index contributed by atoms with van der Waals surface area (Å²) in [5, 5.41) is 13.3. The Morgan fingerprint density at radius 2 is 1.70 bits per heavy atom. The largest absolute Gasteiger partial charge is 0.481 e. The zero-order valence-electron chi connectivity index (χ0n) is 11.8. The summed E-state index contributed by atoms with van der Waals surface area (Å²) in [7, 11) is 0. The van der Waals surface area contributed by atoms with E-state index in [4.69, 9.17) is 10.8 Å². The Morgan fingerprint density at radius 1 is 1.15 bits per heavy atom. The van der Waals surface area contributed by atoms with Crippen molar-refractivity contribution in [2.75, 3.05) is 6.54 Å². The lowest BCUT2D eigenvalue weighted by molar-refractivity contribution is -0.141. The number of carbonyl (C=O) groups is 4. The lowest BCUT2D eigenvalue weighted by Crippen LogP contribution is -2.50. The lowest BCUT2D eigenvalue weighted by Gasteiger charge is -2.19. The Morgan fingerprint density at radius 3 is 2.10 bits per heavy atom. The first-order valence-electron chi connectivity index (χ1n) is 6.23. The van der Waals surface area contributed by atoms with Gasteiger partial charge in [0.2, 0.25) is 17.7 Å². The van der Waals surface area contributed by atoms with Crippen molar-refractivity contribution < 1.29 is 24.3 Å². The van der Waals surface area contributed by atoms with Crippen LogP contribution in [0.4, 0.5) is 0 Å². The normalized spacial score (nSPS) is 13.4. The van der Waals surface area contributed by atoms with Gasteiger partial charge < -0.3 is 21.5 Å². The third-order valence-corrected chi connectivity index (χ3v) is 2.64. The summed E-state index contributed by atoms with van der Waals surface area (Å²) in [6.45, 7) is 4.56. The van der Waals surface area contributed by atoms with E-state index < -0.39 is 35.7 Å². The van der Waals surface area contributed by atoms with Gasteiger partial charge in [-0.3, -0.25) is 19.2 Å². The molecular weight excluding hydrogens is 266 g/mol. The minimum absolute atomic E-state index is 0.168. The molecule has 20 heavy (non-hydrogen) atoms. The van der Waals surface area contributed by atoms with Crippen LogP contribution in [0.1, 0.15) is 27.2 Å². The molecule has 0 saturated carbocycles. The number of hydrogen-bond acceptors (Lipinski definition) is 4. The van der Waals surface area contributed by atoms with Crippen LogP contribution in [0.2, 0.25) is 0 Å². The average molecular weight is 287 g/mol. The number of carboxylic acids is 1. The minimum Gasteiger partial charge on any atom is -0.481 e. The molecule has 0 bridgehead atoms. The first-order chi connectivity index (χ1) is 9.15. The third kappa shape index (κ3) is 6.72. The van der Waals surface area contributed by atoms with E-state index in [0.717, 1.165) is 0 Å². The molecule has 0 aromatic rings. The van der Waals surface area contributed by atoms with Crippen molar-refractivity contribution >= 4 is 23.7 Å². The summed E-state index contributed by atoms with van der Waals surface area (Å²) in [5.41, 5.74) is 5.14. The summed E-state index contributed by atoms with van der Waals surface area (Å²) in [6.07, 6.45) is -0.316. The van der Waals surface area contributed by atoms with Gasteiger partial charge in [0, 0.05) is 5.92 Å². The van der Waals surface area contributed by atoms with E-state index in [2.05, 4.69) is 10.6 Å². The van der Waals surface area contributed by atoms with Gasteiger partial charge in [0.1, 0.15) is 6.04 Å². The highest BCUT2D eigenvalue weighted by atomic mass is 16.4. The number of aliphatic carboxylic acids is 1. The van der Waals surface area contributed by atoms with Gasteiger partial charge in [-0.15, -0.1) is 0 Å². The molecule has 8 heteroatoms. The van der Waals surface area contributed by atoms with Crippen LogP contribution in [0.3, 0.4) is 0 Å². The molecule has 0 aliphatic rings. The molecule has 3 amide bonds. The van der Waals surface area contributed by atoms with Crippen LogP contribution < -0.4 is 16.4 Å². The smallest absolute Gasteiger partial charge is 0.304 e. The van der Waals surface area contributed by atoms with Crippen LogP contribution in [0.25, 0.3) is 0 Å². The van der Waals surface area contributed by atoms with E-state index in [9.17, 15) is 19.2 Å². The van der Waals surface area contributed by atoms with Crippen LogP contribution in [-0.2, 0) is 19.2 Å². The second-order valence-corrected chi connectivity index (χ2v) is 4.91. The molecule has 0 spiro atoms. The molecule has 5 N–H and O–H groups in total. The molecule has 0 aliphatic heterocycles. The summed E-state index contributed by atoms with van der Waals surface area (Å²) >= 11 is 0. The van der Waals surface area contributed by atoms with Crippen LogP contribution >= 0.6 is 0 Å². The second kappa shape index (κ2) is 8.13. The highest BCUT2D eigenvalue weighted by Crippen LogP contribution is 2.02. The quantitative estimate of drug-likeness (QED) is 0.446. The molecule has 114 valence electrons. The molecule has 0 saturated heterocycles. The van der Waals surface area contributed by atoms with Gasteiger partial charge in [0.25, 0.3) is 0 Å². The average Bonchev–Trinajstić information content (AvgIpc) is 2.31. The van der Waals surface area contributed by atoms with Crippen LogP contribution in [0, 0.1) is 11.8 Å². The molecule has 0 fully saturated rings. The van der Waals surface area contributed by atoms with Crippen LogP contribution in [0.15, 0.2) is 0 Å². The topological polar surface area (TPSA) is 139 Å². The molecule has 2 atom stereocenters. The maximum atomic E-state index is 11.6. The van der Waals surface area contributed by atoms with E-state index in [1.165, 1.54) is 6.92 Å². The van der Waals surface area contributed by atoms with Gasteiger partial charge in [-0.1, -0.05) is 20.8 Å². The zero-order chi connectivity index (χ0) is 15.9. The van der Waals surface area contributed by atoms with Crippen molar-refractivity contribution in [3.8, 4) is 0 Å². The van der Waals surface area contributed by atoms with Gasteiger partial charge in [-0.25, -0.2) is 0 Å². The molecule has 0 aromatic carbocycles. The van der Waals surface area contributed by atoms with Gasteiger partial charge in [0.05, 0.1) is 13.0 Å². The molecule has 8 nitrogen and oxygen atoms in total. The summed E-state index contributed by atoms with van der Waals surface area (Å²) < 4.78 is 0. The Bertz CT molecular complexity index is 395. The molecule has 0 heterocycles. The van der Waals surface area contributed by atoms with Crippen molar-refractivity contribution in [3.63, 3.8) is 0 Å². The fourth-order valence-electron chi connectivity index (χ4n) is 1.49. The van der Waals surface area contributed by atoms with E-state index >= 15 is 0 Å². The van der Waals surface area contributed by atoms with Crippen molar-refractivity contribution in [2.24, 2.45) is 17.6 Å². The van der Waals surface area contributed by atoms with Gasteiger partial charge in [-0.2, -0.15) is 0 Å². The van der Waals surface area contributed by atoms with Crippen molar-refractivity contribution in [1.82, 2.24) is 10.6 Å². The second-order valence-electron chi connectivity index (χ2n) is 4.91. The van der Waals surface area contributed by atoms with Gasteiger partial charge in [0.15, 0.2) is 0 Å². The number of hydrogen-bond donors (Lipinski definition) is 4. The highest BCUT2D eigenvalue weighted by molar-refractivity contribution is 5.90. The van der Waals surface area contributed by atoms with Crippen molar-refractivity contribution in [2.45, 2.75) is 33.2 Å². The number of primary amides is 1. The molecule has 0 rings (SSSR count). The number of nitrogens with two attached hydrogens (primary N) is 1. The molecule has 0 radical (unpaired) electrons. The Labute approximate surface area is 117 Å². The number of nitrogens with one attached hydrogen (secondary N) is 2. The fraction of sp³-hybridized carbons (Fsp3) is 0.667. The van der Waals surface area contributed by atoms with Crippen molar-refractivity contribution in [1.29, 1.82) is 0 Å². The monoisotopic (exact) mass is 287 g/mol. The maximum Gasteiger partial charge on any atom is 0.304 e. The first-order valence-corrected chi connectivity index (χ1v) is 6.23. The molecule has 2 unspecified atom stereocenters. The summed E-state index contributed by atoms with van der Waals surface area (Å²) in [6, 6.07) is -0.809. The SMILES string of the molecule is CC(CC(=O)O)C(=O)NCC(=O)NC(C(N)=O)C(C)C. The maximum absolute atomic E-state index is 11.6. The Kier molecular flexibility index (Phi) is 7.27. The highest BCUT2D eigenvalue weighted by Gasteiger charge is 2.22. The van der Waals surface area contributed by atoms with Gasteiger partial charge >= 0.3 is 5.97 Å². The van der Waals surface area contributed by atoms with Crippen LogP contribution in [0.5, 0.6) is 0 Å². The van der Waals surface area contributed by atoms with E-state index in [-0.39, 0.29) is 18.9 Å². The number of rotatable bonds is 8. The first kappa shape index (κ1) is 17.9. The number of amides is 3. The van der Waals surface area contributed by atoms with Crippen LogP contribution in [-0.4, -0.2) is 41.4 Å². The predicted molar refractivity (Wildman–Crippen MR) is 70.4 cm³/mol. The van der Waals surface area contributed by atoms with E-state index in [1.807, 2.05) is 0 Å². The fourth-order valence-corrected chi connectivity index (χ4v) is 1.49. The molecule has 0 aliphatic carbocycles. The summed E-state index contributed by atoms with van der Waals surface area (Å²) in [4.78, 5) is 44.6. The summed E-state index contributed by atoms with van der Waals surface area (Å²) in [5.74, 6) is -3.75. The van der Waals surface area contributed by atoms with Gasteiger partial charge in [-0.05, 0) is 5.92 Å². The number of carboxylic acid groups (broad SMARTS) is 1. The van der Waals surface area contributed by atoms with Crippen molar-refractivity contribution in [3.05, 3.63) is 0 Å². The third-order valence-electron chi connectivity index (χ3n) is 2.64. The zero-order valence-corrected chi connectivity index (χ0v) is 11.8. The standard InChI is InChI=1S/C12H21N3O5/c1-6(2)10(11(13)19)15-8(16)5-14-12(20)7(3)4-9(17)18/h6-7,10H,4-5H2,1-3H3,(H2,13,19)(H,14,20)(H,15,16)(H,17,18). The Balaban J connectivity index is 4.25. The molecular formula is C12H21N3O5.